The van der Waals surface area contributed by atoms with Gasteiger partial charge in [-0.2, -0.15) is 0 Å². The zero-order valence-electron chi connectivity index (χ0n) is 20.2. The van der Waals surface area contributed by atoms with Crippen molar-refractivity contribution in [1.29, 1.82) is 0 Å². The van der Waals surface area contributed by atoms with Gasteiger partial charge in [-0.05, 0) is 42.9 Å². The second kappa shape index (κ2) is 9.94. The third-order valence-electron chi connectivity index (χ3n) is 6.45. The Morgan fingerprint density at radius 2 is 2.06 bits per heavy atom. The zero-order chi connectivity index (χ0) is 24.4. The van der Waals surface area contributed by atoms with Crippen LogP contribution in [-0.2, 0) is 16.1 Å². The van der Waals surface area contributed by atoms with Crippen LogP contribution < -0.4 is 10.6 Å². The molecule has 0 bridgehead atoms. The van der Waals surface area contributed by atoms with Crippen LogP contribution in [0.5, 0.6) is 0 Å². The summed E-state index contributed by atoms with van der Waals surface area (Å²) in [7, 11) is 1.78. The number of nitrogens with zero attached hydrogens (tertiary/aromatic N) is 5. The molecular formula is C26H29N7O2. The first-order valence-electron chi connectivity index (χ1n) is 12.0. The summed E-state index contributed by atoms with van der Waals surface area (Å²) in [6.45, 7) is 7.64. The number of fused-ring (bicyclic) bond motifs is 1. The second-order valence-corrected chi connectivity index (χ2v) is 9.29. The Balaban J connectivity index is 1.36. The van der Waals surface area contributed by atoms with Gasteiger partial charge in [0.1, 0.15) is 11.2 Å². The van der Waals surface area contributed by atoms with Gasteiger partial charge in [0.15, 0.2) is 11.6 Å². The van der Waals surface area contributed by atoms with Gasteiger partial charge in [-0.1, -0.05) is 18.9 Å². The molecule has 3 atom stereocenters. The van der Waals surface area contributed by atoms with E-state index in [9.17, 15) is 4.79 Å². The minimum absolute atomic E-state index is 0.0162. The highest BCUT2D eigenvalue weighted by Crippen LogP contribution is 2.38. The van der Waals surface area contributed by atoms with Crippen LogP contribution in [0.4, 0.5) is 11.6 Å². The van der Waals surface area contributed by atoms with Crippen molar-refractivity contribution >= 4 is 28.4 Å². The molecule has 3 aromatic heterocycles. The number of rotatable bonds is 5. The molecule has 2 fully saturated rings. The summed E-state index contributed by atoms with van der Waals surface area (Å²) in [5.74, 6) is 7.78. The molecule has 0 aromatic carbocycles. The molecule has 9 heteroatoms. The number of hydrogen-bond acceptors (Lipinski definition) is 8. The van der Waals surface area contributed by atoms with Gasteiger partial charge in [0, 0.05) is 50.4 Å². The monoisotopic (exact) mass is 471 g/mol. The van der Waals surface area contributed by atoms with Gasteiger partial charge < -0.3 is 15.4 Å². The van der Waals surface area contributed by atoms with E-state index in [1.165, 1.54) is 0 Å². The van der Waals surface area contributed by atoms with Gasteiger partial charge >= 0.3 is 0 Å². The van der Waals surface area contributed by atoms with E-state index in [1.54, 1.807) is 19.3 Å². The number of morpholine rings is 1. The third-order valence-corrected chi connectivity index (χ3v) is 6.45. The largest absolute Gasteiger partial charge is 0.376 e. The fourth-order valence-corrected chi connectivity index (χ4v) is 4.30. The molecule has 35 heavy (non-hydrogen) atoms. The molecule has 9 nitrogen and oxygen atoms in total. The minimum Gasteiger partial charge on any atom is -0.376 e. The molecule has 2 N–H and O–H groups in total. The summed E-state index contributed by atoms with van der Waals surface area (Å²) in [6, 6.07) is 5.81. The van der Waals surface area contributed by atoms with Crippen LogP contribution in [0, 0.1) is 23.7 Å². The maximum Gasteiger partial charge on any atom is 0.228 e. The Bertz CT molecular complexity index is 1300. The van der Waals surface area contributed by atoms with Gasteiger partial charge in [-0.25, -0.2) is 9.97 Å². The molecule has 0 spiro atoms. The molecule has 5 rings (SSSR count). The molecule has 0 unspecified atom stereocenters. The number of ether oxygens (including phenoxy) is 1. The lowest BCUT2D eigenvalue weighted by Gasteiger charge is -2.30. The van der Waals surface area contributed by atoms with Crippen LogP contribution in [-0.4, -0.2) is 63.8 Å². The van der Waals surface area contributed by atoms with Gasteiger partial charge in [-0.15, -0.1) is 10.2 Å². The van der Waals surface area contributed by atoms with Crippen molar-refractivity contribution in [1.82, 2.24) is 25.1 Å². The van der Waals surface area contributed by atoms with E-state index >= 15 is 0 Å². The summed E-state index contributed by atoms with van der Waals surface area (Å²) in [4.78, 5) is 23.7. The first kappa shape index (κ1) is 23.1. The fraction of sp³-hybridized carbons (Fsp3) is 0.423. The molecule has 0 radical (unpaired) electrons. The topological polar surface area (TPSA) is 105 Å². The summed E-state index contributed by atoms with van der Waals surface area (Å²) in [6.07, 6.45) is 4.75. The molecule has 4 heterocycles. The van der Waals surface area contributed by atoms with Gasteiger partial charge in [0.05, 0.1) is 18.3 Å². The van der Waals surface area contributed by atoms with E-state index in [1.807, 2.05) is 12.3 Å². The Hall–Kier alpha value is -3.61. The molecule has 3 aromatic rings. The Morgan fingerprint density at radius 3 is 2.77 bits per heavy atom. The number of hydrogen-bond donors (Lipinski definition) is 2. The van der Waals surface area contributed by atoms with Gasteiger partial charge in [-0.3, -0.25) is 9.69 Å². The van der Waals surface area contributed by atoms with Crippen molar-refractivity contribution < 1.29 is 9.53 Å². The molecule has 180 valence electrons. The molecule has 1 saturated heterocycles. The van der Waals surface area contributed by atoms with E-state index in [2.05, 4.69) is 67.5 Å². The quantitative estimate of drug-likeness (QED) is 0.548. The predicted octanol–water partition coefficient (Wildman–Crippen LogP) is 2.68. The van der Waals surface area contributed by atoms with Crippen molar-refractivity contribution in [2.75, 3.05) is 37.4 Å². The first-order valence-corrected chi connectivity index (χ1v) is 12.0. The van der Waals surface area contributed by atoms with Crippen molar-refractivity contribution in [3.63, 3.8) is 0 Å². The summed E-state index contributed by atoms with van der Waals surface area (Å²) < 4.78 is 5.61. The number of anilines is 2. The summed E-state index contributed by atoms with van der Waals surface area (Å²) in [5.41, 5.74) is 3.11. The standard InChI is InChI=1S/C26H29N7O2/c1-16-10-21(16)26(34)30-23-11-22-19(13-29-25(27-3)24(22)32-31-23)5-7-20-6-4-18(12-28-20)15-33-8-9-35-17(2)14-33/h4,6,11-13,16-17,21H,8-10,14-15H2,1-3H3,(H,27,29)(H,30,31,34)/t16-,17-,21+/m1/s1. The molecule has 2 aliphatic rings. The average Bonchev–Trinajstić information content (AvgIpc) is 3.60. The van der Waals surface area contributed by atoms with E-state index in [0.717, 1.165) is 43.6 Å². The summed E-state index contributed by atoms with van der Waals surface area (Å²) >= 11 is 0. The lowest BCUT2D eigenvalue weighted by atomic mass is 10.1. The molecular weight excluding hydrogens is 442 g/mol. The van der Waals surface area contributed by atoms with Crippen LogP contribution in [0.15, 0.2) is 30.6 Å². The average molecular weight is 472 g/mol. The first-order chi connectivity index (χ1) is 17.0. The highest BCUT2D eigenvalue weighted by Gasteiger charge is 2.39. The van der Waals surface area contributed by atoms with Crippen LogP contribution in [0.2, 0.25) is 0 Å². The van der Waals surface area contributed by atoms with Crippen LogP contribution >= 0.6 is 0 Å². The fourth-order valence-electron chi connectivity index (χ4n) is 4.30. The smallest absolute Gasteiger partial charge is 0.228 e. The lowest BCUT2D eigenvalue weighted by molar-refractivity contribution is -0.117. The van der Waals surface area contributed by atoms with E-state index in [0.29, 0.717) is 34.3 Å². The maximum atomic E-state index is 12.4. The number of aromatic nitrogens is 4. The number of amides is 1. The van der Waals surface area contributed by atoms with Crippen LogP contribution in [0.3, 0.4) is 0 Å². The van der Waals surface area contributed by atoms with Gasteiger partial charge in [0.25, 0.3) is 0 Å². The Kier molecular flexibility index (Phi) is 6.57. The van der Waals surface area contributed by atoms with Crippen LogP contribution in [0.1, 0.15) is 37.1 Å². The van der Waals surface area contributed by atoms with Crippen molar-refractivity contribution in [2.45, 2.75) is 32.9 Å². The van der Waals surface area contributed by atoms with E-state index in [4.69, 9.17) is 4.74 Å². The normalized spacial score (nSPS) is 21.7. The molecule has 1 saturated carbocycles. The summed E-state index contributed by atoms with van der Waals surface area (Å²) in [5, 5.41) is 15.2. The van der Waals surface area contributed by atoms with Crippen LogP contribution in [0.25, 0.3) is 10.9 Å². The van der Waals surface area contributed by atoms with Crippen molar-refractivity contribution in [3.05, 3.63) is 47.4 Å². The predicted molar refractivity (Wildman–Crippen MR) is 134 cm³/mol. The number of carbonyl (C=O) groups excluding carboxylic acids is 1. The van der Waals surface area contributed by atoms with E-state index in [-0.39, 0.29) is 17.9 Å². The lowest BCUT2D eigenvalue weighted by Crippen LogP contribution is -2.40. The Labute approximate surface area is 204 Å². The zero-order valence-corrected chi connectivity index (χ0v) is 20.2. The number of carbonyl (C=O) groups is 1. The molecule has 1 amide bonds. The third kappa shape index (κ3) is 5.39. The highest BCUT2D eigenvalue weighted by atomic mass is 16.5. The maximum absolute atomic E-state index is 12.4. The SMILES string of the molecule is CNc1ncc(C#Cc2ccc(CN3CCO[C@H](C)C3)cn2)c2cc(NC(=O)[C@H]3C[C@H]3C)nnc12. The second-order valence-electron chi connectivity index (χ2n) is 9.29. The molecule has 1 aliphatic carbocycles. The minimum atomic E-state index is -0.0162. The van der Waals surface area contributed by atoms with Crippen molar-refractivity contribution in [3.8, 4) is 11.8 Å². The highest BCUT2D eigenvalue weighted by molar-refractivity contribution is 5.97. The Morgan fingerprint density at radius 1 is 1.20 bits per heavy atom. The van der Waals surface area contributed by atoms with Crippen molar-refractivity contribution in [2.24, 2.45) is 11.8 Å². The van der Waals surface area contributed by atoms with Gasteiger partial charge in [0.2, 0.25) is 5.91 Å². The number of nitrogens with one attached hydrogen (secondary N) is 2. The van der Waals surface area contributed by atoms with E-state index < -0.39 is 0 Å². The molecule has 1 aliphatic heterocycles. The number of pyridine rings is 2.